The first kappa shape index (κ1) is 12.0. The highest BCUT2D eigenvalue weighted by atomic mass is 16.5. The minimum Gasteiger partial charge on any atom is -0.377 e. The van der Waals surface area contributed by atoms with E-state index in [1.165, 1.54) is 32.1 Å². The third-order valence-corrected chi connectivity index (χ3v) is 5.84. The fourth-order valence-electron chi connectivity index (χ4n) is 4.87. The van der Waals surface area contributed by atoms with E-state index >= 15 is 0 Å². The largest absolute Gasteiger partial charge is 0.377 e. The molecule has 0 radical (unpaired) electrons. The minimum absolute atomic E-state index is 0.478. The molecule has 2 bridgehead atoms. The van der Waals surface area contributed by atoms with Crippen LogP contribution in [0.2, 0.25) is 0 Å². The van der Waals surface area contributed by atoms with Crippen molar-refractivity contribution in [1.82, 2.24) is 5.32 Å². The number of rotatable bonds is 3. The van der Waals surface area contributed by atoms with Crippen molar-refractivity contribution < 1.29 is 4.74 Å². The van der Waals surface area contributed by atoms with Crippen molar-refractivity contribution in [2.75, 3.05) is 13.2 Å². The SMILES string of the molecule is CC12CCC(C1)C(C)(C)C2NCC1CCCO1. The smallest absolute Gasteiger partial charge is 0.0700 e. The zero-order valence-electron chi connectivity index (χ0n) is 11.6. The van der Waals surface area contributed by atoms with Gasteiger partial charge < -0.3 is 10.1 Å². The molecule has 1 N–H and O–H groups in total. The van der Waals surface area contributed by atoms with Gasteiger partial charge in [0.05, 0.1) is 6.10 Å². The Morgan fingerprint density at radius 1 is 1.24 bits per heavy atom. The number of fused-ring (bicyclic) bond motifs is 2. The van der Waals surface area contributed by atoms with Crippen molar-refractivity contribution in [2.45, 2.75) is 65.0 Å². The molecule has 3 aliphatic rings. The maximum absolute atomic E-state index is 5.73. The quantitative estimate of drug-likeness (QED) is 0.815. The lowest BCUT2D eigenvalue weighted by Crippen LogP contribution is -2.52. The summed E-state index contributed by atoms with van der Waals surface area (Å²) in [5.74, 6) is 0.939. The molecule has 0 aromatic heterocycles. The molecule has 3 fully saturated rings. The predicted octanol–water partition coefficient (Wildman–Crippen LogP) is 2.97. The summed E-state index contributed by atoms with van der Waals surface area (Å²) in [7, 11) is 0. The molecule has 0 aromatic carbocycles. The van der Waals surface area contributed by atoms with Crippen LogP contribution < -0.4 is 5.32 Å². The first-order valence-electron chi connectivity index (χ1n) is 7.37. The monoisotopic (exact) mass is 237 g/mol. The minimum atomic E-state index is 0.478. The first-order valence-corrected chi connectivity index (χ1v) is 7.37. The van der Waals surface area contributed by atoms with Crippen molar-refractivity contribution in [3.8, 4) is 0 Å². The van der Waals surface area contributed by atoms with Crippen molar-refractivity contribution >= 4 is 0 Å². The Kier molecular flexibility index (Phi) is 2.79. The molecular formula is C15H27NO. The lowest BCUT2D eigenvalue weighted by Gasteiger charge is -2.43. The molecule has 2 aliphatic carbocycles. The maximum Gasteiger partial charge on any atom is 0.0700 e. The van der Waals surface area contributed by atoms with Gasteiger partial charge in [0.25, 0.3) is 0 Å². The first-order chi connectivity index (χ1) is 8.02. The number of hydrogen-bond donors (Lipinski definition) is 1. The summed E-state index contributed by atoms with van der Waals surface area (Å²) in [6, 6.07) is 0.693. The second kappa shape index (κ2) is 3.96. The average Bonchev–Trinajstić information content (AvgIpc) is 2.90. The van der Waals surface area contributed by atoms with Gasteiger partial charge in [0, 0.05) is 19.2 Å². The summed E-state index contributed by atoms with van der Waals surface area (Å²) in [6.45, 7) is 9.47. The maximum atomic E-state index is 5.73. The Labute approximate surface area is 105 Å². The zero-order chi connectivity index (χ0) is 12.1. The van der Waals surface area contributed by atoms with E-state index in [-0.39, 0.29) is 0 Å². The fourth-order valence-corrected chi connectivity index (χ4v) is 4.87. The summed E-state index contributed by atoms with van der Waals surface area (Å²) in [5.41, 5.74) is 1.03. The van der Waals surface area contributed by atoms with E-state index in [0.29, 0.717) is 23.0 Å². The van der Waals surface area contributed by atoms with Crippen LogP contribution in [-0.4, -0.2) is 25.3 Å². The summed E-state index contributed by atoms with van der Waals surface area (Å²) < 4.78 is 5.73. The topological polar surface area (TPSA) is 21.3 Å². The standard InChI is InChI=1S/C15H27NO/c1-14(2)11-6-7-15(3,9-11)13(14)16-10-12-5-4-8-17-12/h11-13,16H,4-10H2,1-3H3. The summed E-state index contributed by atoms with van der Waals surface area (Å²) in [6.07, 6.45) is 7.28. The Hall–Kier alpha value is -0.0800. The molecule has 0 aromatic rings. The van der Waals surface area contributed by atoms with Crippen LogP contribution in [0.4, 0.5) is 0 Å². The Morgan fingerprint density at radius 3 is 2.65 bits per heavy atom. The molecule has 98 valence electrons. The van der Waals surface area contributed by atoms with Gasteiger partial charge >= 0.3 is 0 Å². The van der Waals surface area contributed by atoms with Crippen LogP contribution in [0.5, 0.6) is 0 Å². The molecule has 4 unspecified atom stereocenters. The Bertz CT molecular complexity index is 291. The van der Waals surface area contributed by atoms with Crippen LogP contribution in [0.1, 0.15) is 52.9 Å². The molecule has 4 atom stereocenters. The van der Waals surface area contributed by atoms with Gasteiger partial charge in [-0.1, -0.05) is 20.8 Å². The van der Waals surface area contributed by atoms with Gasteiger partial charge in [-0.15, -0.1) is 0 Å². The van der Waals surface area contributed by atoms with E-state index in [2.05, 4.69) is 26.1 Å². The van der Waals surface area contributed by atoms with Crippen molar-refractivity contribution in [3.63, 3.8) is 0 Å². The summed E-state index contributed by atoms with van der Waals surface area (Å²) in [5, 5.41) is 3.86. The zero-order valence-corrected chi connectivity index (χ0v) is 11.6. The average molecular weight is 237 g/mol. The van der Waals surface area contributed by atoms with E-state index in [9.17, 15) is 0 Å². The van der Waals surface area contributed by atoms with Gasteiger partial charge in [-0.3, -0.25) is 0 Å². The van der Waals surface area contributed by atoms with Crippen LogP contribution >= 0.6 is 0 Å². The van der Waals surface area contributed by atoms with E-state index in [1.807, 2.05) is 0 Å². The summed E-state index contributed by atoms with van der Waals surface area (Å²) >= 11 is 0. The second-order valence-corrected chi connectivity index (χ2v) is 7.39. The van der Waals surface area contributed by atoms with E-state index in [1.54, 1.807) is 0 Å². The summed E-state index contributed by atoms with van der Waals surface area (Å²) in [4.78, 5) is 0. The lowest BCUT2D eigenvalue weighted by molar-refractivity contribution is 0.0716. The predicted molar refractivity (Wildman–Crippen MR) is 70.0 cm³/mol. The van der Waals surface area contributed by atoms with Crippen molar-refractivity contribution in [2.24, 2.45) is 16.7 Å². The van der Waals surface area contributed by atoms with Crippen LogP contribution in [0, 0.1) is 16.7 Å². The lowest BCUT2D eigenvalue weighted by atomic mass is 9.68. The molecule has 2 nitrogen and oxygen atoms in total. The third kappa shape index (κ3) is 1.84. The van der Waals surface area contributed by atoms with Crippen LogP contribution in [-0.2, 0) is 4.74 Å². The van der Waals surface area contributed by atoms with Gasteiger partial charge in [-0.2, -0.15) is 0 Å². The third-order valence-electron chi connectivity index (χ3n) is 5.84. The molecule has 0 amide bonds. The Balaban J connectivity index is 1.65. The number of nitrogens with one attached hydrogen (secondary N) is 1. The molecule has 2 saturated carbocycles. The molecule has 3 rings (SSSR count). The van der Waals surface area contributed by atoms with Crippen molar-refractivity contribution in [1.29, 1.82) is 0 Å². The molecular weight excluding hydrogens is 210 g/mol. The van der Waals surface area contributed by atoms with Gasteiger partial charge in [0.1, 0.15) is 0 Å². The second-order valence-electron chi connectivity index (χ2n) is 7.39. The molecule has 17 heavy (non-hydrogen) atoms. The van der Waals surface area contributed by atoms with Gasteiger partial charge in [-0.05, 0) is 48.9 Å². The molecule has 0 spiro atoms. The highest BCUT2D eigenvalue weighted by Gasteiger charge is 2.58. The highest BCUT2D eigenvalue weighted by Crippen LogP contribution is 2.62. The van der Waals surface area contributed by atoms with E-state index < -0.39 is 0 Å². The van der Waals surface area contributed by atoms with Crippen molar-refractivity contribution in [3.05, 3.63) is 0 Å². The van der Waals surface area contributed by atoms with Crippen LogP contribution in [0.25, 0.3) is 0 Å². The number of hydrogen-bond acceptors (Lipinski definition) is 2. The molecule has 2 heteroatoms. The highest BCUT2D eigenvalue weighted by molar-refractivity contribution is 5.12. The van der Waals surface area contributed by atoms with E-state index in [0.717, 1.165) is 19.1 Å². The van der Waals surface area contributed by atoms with Gasteiger partial charge in [0.2, 0.25) is 0 Å². The normalized spacial score (nSPS) is 47.8. The van der Waals surface area contributed by atoms with Crippen LogP contribution in [0.15, 0.2) is 0 Å². The van der Waals surface area contributed by atoms with Gasteiger partial charge in [-0.25, -0.2) is 0 Å². The Morgan fingerprint density at radius 2 is 2.06 bits per heavy atom. The van der Waals surface area contributed by atoms with Gasteiger partial charge in [0.15, 0.2) is 0 Å². The van der Waals surface area contributed by atoms with Crippen LogP contribution in [0.3, 0.4) is 0 Å². The van der Waals surface area contributed by atoms with E-state index in [4.69, 9.17) is 4.74 Å². The molecule has 1 aliphatic heterocycles. The fraction of sp³-hybridized carbons (Fsp3) is 1.00. The number of ether oxygens (including phenoxy) is 1. The molecule has 1 heterocycles. The molecule has 1 saturated heterocycles.